The first-order valence-electron chi connectivity index (χ1n) is 8.96. The van der Waals surface area contributed by atoms with E-state index >= 15 is 0 Å². The van der Waals surface area contributed by atoms with Crippen LogP contribution in [0.25, 0.3) is 0 Å². The monoisotopic (exact) mass is 373 g/mol. The molecule has 1 aromatic heterocycles. The van der Waals surface area contributed by atoms with E-state index < -0.39 is 0 Å². The van der Waals surface area contributed by atoms with Crippen LogP contribution in [0.15, 0.2) is 46.5 Å². The Hall–Kier alpha value is -1.99. The first-order chi connectivity index (χ1) is 12.7. The molecule has 1 aliphatic rings. The molecule has 1 fully saturated rings. The first kappa shape index (κ1) is 18.8. The van der Waals surface area contributed by atoms with Crippen molar-refractivity contribution in [2.75, 3.05) is 32.5 Å². The smallest absolute Gasteiger partial charge is 0.194 e. The van der Waals surface area contributed by atoms with E-state index in [9.17, 15) is 0 Å². The third-order valence-electron chi connectivity index (χ3n) is 4.37. The standard InChI is InChI=1S/C19H27N5OS/c1-4-20-19(21-11-15-5-7-17(26-3)8-6-15)24-9-10-25-18(14-24)16-12-22-23(2)13-16/h5-8,12-13,18H,4,9-11,14H2,1-3H3,(H,20,21). The van der Waals surface area contributed by atoms with Gasteiger partial charge in [0.05, 0.1) is 25.9 Å². The van der Waals surface area contributed by atoms with Crippen LogP contribution in [0.1, 0.15) is 24.2 Å². The maximum absolute atomic E-state index is 5.94. The number of ether oxygens (including phenoxy) is 1. The highest BCUT2D eigenvalue weighted by atomic mass is 32.2. The molecule has 2 aromatic rings. The molecule has 26 heavy (non-hydrogen) atoms. The van der Waals surface area contributed by atoms with Crippen molar-refractivity contribution in [2.45, 2.75) is 24.5 Å². The van der Waals surface area contributed by atoms with E-state index in [1.807, 2.05) is 24.1 Å². The summed E-state index contributed by atoms with van der Waals surface area (Å²) in [6.07, 6.45) is 6.02. The van der Waals surface area contributed by atoms with Crippen LogP contribution in [0.3, 0.4) is 0 Å². The molecule has 0 bridgehead atoms. The summed E-state index contributed by atoms with van der Waals surface area (Å²) in [5.74, 6) is 0.943. The van der Waals surface area contributed by atoms with Crippen LogP contribution in [0.5, 0.6) is 0 Å². The van der Waals surface area contributed by atoms with Crippen molar-refractivity contribution in [3.05, 3.63) is 47.8 Å². The van der Waals surface area contributed by atoms with Crippen molar-refractivity contribution in [1.29, 1.82) is 0 Å². The van der Waals surface area contributed by atoms with Crippen molar-refractivity contribution >= 4 is 17.7 Å². The second-order valence-electron chi connectivity index (χ2n) is 6.27. The van der Waals surface area contributed by atoms with Gasteiger partial charge >= 0.3 is 0 Å². The van der Waals surface area contributed by atoms with Crippen LogP contribution in [0.2, 0.25) is 0 Å². The van der Waals surface area contributed by atoms with Crippen molar-refractivity contribution in [3.8, 4) is 0 Å². The molecule has 1 saturated heterocycles. The molecule has 0 radical (unpaired) electrons. The highest BCUT2D eigenvalue weighted by Crippen LogP contribution is 2.22. The molecule has 6 nitrogen and oxygen atoms in total. The number of benzene rings is 1. The summed E-state index contributed by atoms with van der Waals surface area (Å²) < 4.78 is 7.76. The summed E-state index contributed by atoms with van der Waals surface area (Å²) in [6, 6.07) is 8.60. The van der Waals surface area contributed by atoms with Crippen molar-refractivity contribution in [3.63, 3.8) is 0 Å². The Morgan fingerprint density at radius 2 is 2.19 bits per heavy atom. The minimum absolute atomic E-state index is 0.0298. The van der Waals surface area contributed by atoms with Gasteiger partial charge in [0.2, 0.25) is 0 Å². The van der Waals surface area contributed by atoms with Crippen molar-refractivity contribution in [2.24, 2.45) is 12.0 Å². The third kappa shape index (κ3) is 4.80. The zero-order valence-electron chi connectivity index (χ0n) is 15.7. The van der Waals surface area contributed by atoms with E-state index in [1.165, 1.54) is 10.5 Å². The van der Waals surface area contributed by atoms with Gasteiger partial charge in [0.25, 0.3) is 0 Å². The van der Waals surface area contributed by atoms with E-state index in [0.717, 1.165) is 31.2 Å². The number of rotatable bonds is 5. The summed E-state index contributed by atoms with van der Waals surface area (Å²) >= 11 is 1.76. The maximum Gasteiger partial charge on any atom is 0.194 e. The largest absolute Gasteiger partial charge is 0.370 e. The lowest BCUT2D eigenvalue weighted by Crippen LogP contribution is -2.48. The lowest BCUT2D eigenvalue weighted by atomic mass is 10.1. The normalized spacial score (nSPS) is 18.2. The van der Waals surface area contributed by atoms with Crippen LogP contribution in [-0.4, -0.2) is 53.1 Å². The zero-order chi connectivity index (χ0) is 18.4. The van der Waals surface area contributed by atoms with E-state index in [-0.39, 0.29) is 6.10 Å². The summed E-state index contributed by atoms with van der Waals surface area (Å²) in [5, 5.41) is 7.68. The Morgan fingerprint density at radius 3 is 2.85 bits per heavy atom. The minimum atomic E-state index is 0.0298. The molecule has 0 amide bonds. The number of aliphatic imine (C=N–C) groups is 1. The highest BCUT2D eigenvalue weighted by Gasteiger charge is 2.25. The molecule has 0 spiro atoms. The Kier molecular flexibility index (Phi) is 6.57. The second kappa shape index (κ2) is 9.09. The molecule has 7 heteroatoms. The Balaban J connectivity index is 1.69. The molecule has 1 aliphatic heterocycles. The van der Waals surface area contributed by atoms with Gasteiger partial charge in [0.15, 0.2) is 5.96 Å². The molecule has 140 valence electrons. The van der Waals surface area contributed by atoms with Gasteiger partial charge < -0.3 is 15.0 Å². The predicted octanol–water partition coefficient (Wildman–Crippen LogP) is 2.68. The lowest BCUT2D eigenvalue weighted by Gasteiger charge is -2.34. The molecule has 1 N–H and O–H groups in total. The number of aromatic nitrogens is 2. The van der Waals surface area contributed by atoms with E-state index in [2.05, 4.69) is 52.8 Å². The number of nitrogens with one attached hydrogen (secondary N) is 1. The van der Waals surface area contributed by atoms with Gasteiger partial charge in [-0.1, -0.05) is 12.1 Å². The summed E-state index contributed by atoms with van der Waals surface area (Å²) in [4.78, 5) is 8.40. The number of morpholine rings is 1. The first-order valence-corrected chi connectivity index (χ1v) is 10.2. The summed E-state index contributed by atoms with van der Waals surface area (Å²) in [6.45, 7) is 5.93. The van der Waals surface area contributed by atoms with Crippen LogP contribution >= 0.6 is 11.8 Å². The molecule has 3 rings (SSSR count). The number of nitrogens with zero attached hydrogens (tertiary/aromatic N) is 4. The number of hydrogen-bond donors (Lipinski definition) is 1. The fourth-order valence-electron chi connectivity index (χ4n) is 2.97. The Bertz CT molecular complexity index is 728. The van der Waals surface area contributed by atoms with Crippen LogP contribution in [0.4, 0.5) is 0 Å². The van der Waals surface area contributed by atoms with E-state index in [1.54, 1.807) is 11.8 Å². The lowest BCUT2D eigenvalue weighted by molar-refractivity contribution is -0.00805. The third-order valence-corrected chi connectivity index (χ3v) is 5.11. The van der Waals surface area contributed by atoms with Crippen LogP contribution in [-0.2, 0) is 18.3 Å². The van der Waals surface area contributed by atoms with Crippen LogP contribution in [0, 0.1) is 0 Å². The molecule has 1 aromatic carbocycles. The molecule has 2 heterocycles. The average molecular weight is 374 g/mol. The van der Waals surface area contributed by atoms with Crippen molar-refractivity contribution < 1.29 is 4.74 Å². The fourth-order valence-corrected chi connectivity index (χ4v) is 3.38. The predicted molar refractivity (Wildman–Crippen MR) is 107 cm³/mol. The quantitative estimate of drug-likeness (QED) is 0.496. The summed E-state index contributed by atoms with van der Waals surface area (Å²) in [7, 11) is 1.93. The van der Waals surface area contributed by atoms with Gasteiger partial charge in [-0.05, 0) is 30.9 Å². The van der Waals surface area contributed by atoms with Gasteiger partial charge in [-0.3, -0.25) is 4.68 Å². The topological polar surface area (TPSA) is 54.7 Å². The minimum Gasteiger partial charge on any atom is -0.370 e. The molecular weight excluding hydrogens is 346 g/mol. The van der Waals surface area contributed by atoms with E-state index in [4.69, 9.17) is 9.73 Å². The van der Waals surface area contributed by atoms with Crippen molar-refractivity contribution in [1.82, 2.24) is 20.0 Å². The van der Waals surface area contributed by atoms with Gasteiger partial charge in [-0.15, -0.1) is 11.8 Å². The number of guanidine groups is 1. The molecular formula is C19H27N5OS. The van der Waals surface area contributed by atoms with Gasteiger partial charge in [-0.2, -0.15) is 5.10 Å². The van der Waals surface area contributed by atoms with Gasteiger partial charge in [-0.25, -0.2) is 4.99 Å². The second-order valence-corrected chi connectivity index (χ2v) is 7.15. The number of hydrogen-bond acceptors (Lipinski definition) is 4. The Morgan fingerprint density at radius 1 is 1.38 bits per heavy atom. The SMILES string of the molecule is CCNC(=NCc1ccc(SC)cc1)N1CCOC(c2cnn(C)c2)C1. The average Bonchev–Trinajstić information content (AvgIpc) is 3.12. The summed E-state index contributed by atoms with van der Waals surface area (Å²) in [5.41, 5.74) is 2.33. The zero-order valence-corrected chi connectivity index (χ0v) is 16.5. The molecule has 1 atom stereocenters. The number of aryl methyl sites for hydroxylation is 1. The van der Waals surface area contributed by atoms with Crippen LogP contribution < -0.4 is 5.32 Å². The molecule has 1 unspecified atom stereocenters. The van der Waals surface area contributed by atoms with Gasteiger partial charge in [0, 0.05) is 36.8 Å². The van der Waals surface area contributed by atoms with E-state index in [0.29, 0.717) is 13.2 Å². The van der Waals surface area contributed by atoms with Gasteiger partial charge in [0.1, 0.15) is 6.10 Å². The Labute approximate surface area is 159 Å². The highest BCUT2D eigenvalue weighted by molar-refractivity contribution is 7.98. The molecule has 0 aliphatic carbocycles. The molecule has 0 saturated carbocycles. The maximum atomic E-state index is 5.94. The fraction of sp³-hybridized carbons (Fsp3) is 0.474. The number of thioether (sulfide) groups is 1.